The molecular formula is C16H15Cl2NO4. The Morgan fingerprint density at radius 1 is 0.870 bits per heavy atom. The first kappa shape index (κ1) is 17.2. The van der Waals surface area contributed by atoms with Gasteiger partial charge in [0.15, 0.2) is 5.75 Å². The van der Waals surface area contributed by atoms with Crippen LogP contribution in [0.15, 0.2) is 30.3 Å². The van der Waals surface area contributed by atoms with Gasteiger partial charge in [0.1, 0.15) is 11.5 Å². The standard InChI is InChI=1S/C16H15Cl2NO4/c1-21-11-6-10(7-12(8-11)22-2)19-16(20)9-4-13(17)15(23-3)14(18)5-9/h4-8H,1-3H3,(H,19,20). The average molecular weight is 356 g/mol. The number of anilines is 1. The van der Waals surface area contributed by atoms with Crippen LogP contribution in [-0.2, 0) is 0 Å². The molecule has 0 spiro atoms. The SMILES string of the molecule is COc1cc(NC(=O)c2cc(Cl)c(OC)c(Cl)c2)cc(OC)c1. The summed E-state index contributed by atoms with van der Waals surface area (Å²) in [7, 11) is 4.52. The Balaban J connectivity index is 2.29. The fraction of sp³-hybridized carbons (Fsp3) is 0.188. The molecule has 23 heavy (non-hydrogen) atoms. The molecule has 122 valence electrons. The van der Waals surface area contributed by atoms with E-state index < -0.39 is 0 Å². The molecule has 1 amide bonds. The molecule has 0 atom stereocenters. The molecule has 2 rings (SSSR count). The van der Waals surface area contributed by atoms with Crippen LogP contribution >= 0.6 is 23.2 Å². The molecule has 5 nitrogen and oxygen atoms in total. The largest absolute Gasteiger partial charge is 0.497 e. The molecule has 7 heteroatoms. The zero-order valence-electron chi connectivity index (χ0n) is 12.8. The van der Waals surface area contributed by atoms with E-state index in [2.05, 4.69) is 5.32 Å². The highest BCUT2D eigenvalue weighted by Crippen LogP contribution is 2.34. The molecule has 1 N–H and O–H groups in total. The van der Waals surface area contributed by atoms with Gasteiger partial charge in [-0.3, -0.25) is 4.79 Å². The van der Waals surface area contributed by atoms with Crippen molar-refractivity contribution in [2.24, 2.45) is 0 Å². The Labute approximate surface area is 144 Å². The van der Waals surface area contributed by atoms with Gasteiger partial charge in [0, 0.05) is 29.4 Å². The molecule has 0 unspecified atom stereocenters. The lowest BCUT2D eigenvalue weighted by atomic mass is 10.2. The quantitative estimate of drug-likeness (QED) is 0.869. The fourth-order valence-corrected chi connectivity index (χ4v) is 2.61. The van der Waals surface area contributed by atoms with Crippen molar-refractivity contribution in [2.75, 3.05) is 26.6 Å². The molecule has 0 fully saturated rings. The second-order valence-corrected chi connectivity index (χ2v) is 5.34. The van der Waals surface area contributed by atoms with Crippen LogP contribution < -0.4 is 19.5 Å². The van der Waals surface area contributed by atoms with Crippen LogP contribution in [0.3, 0.4) is 0 Å². The number of ether oxygens (including phenoxy) is 3. The molecule has 0 aliphatic rings. The first-order valence-corrected chi connectivity index (χ1v) is 7.31. The molecular weight excluding hydrogens is 341 g/mol. The smallest absolute Gasteiger partial charge is 0.255 e. The van der Waals surface area contributed by atoms with Crippen molar-refractivity contribution in [2.45, 2.75) is 0 Å². The van der Waals surface area contributed by atoms with Gasteiger partial charge in [-0.15, -0.1) is 0 Å². The summed E-state index contributed by atoms with van der Waals surface area (Å²) in [5.41, 5.74) is 0.830. The Hall–Kier alpha value is -2.11. The number of nitrogens with one attached hydrogen (secondary N) is 1. The second-order valence-electron chi connectivity index (χ2n) is 4.53. The van der Waals surface area contributed by atoms with Crippen molar-refractivity contribution in [3.8, 4) is 17.2 Å². The maximum Gasteiger partial charge on any atom is 0.255 e. The summed E-state index contributed by atoms with van der Waals surface area (Å²) in [5, 5.41) is 3.26. The number of methoxy groups -OCH3 is 3. The molecule has 0 bridgehead atoms. The van der Waals surface area contributed by atoms with Gasteiger partial charge in [0.2, 0.25) is 0 Å². The lowest BCUT2D eigenvalue weighted by Gasteiger charge is -2.11. The maximum absolute atomic E-state index is 12.4. The van der Waals surface area contributed by atoms with Crippen molar-refractivity contribution in [3.63, 3.8) is 0 Å². The van der Waals surface area contributed by atoms with Crippen LogP contribution in [0.2, 0.25) is 10.0 Å². The van der Waals surface area contributed by atoms with E-state index in [-0.39, 0.29) is 16.0 Å². The van der Waals surface area contributed by atoms with Gasteiger partial charge in [0.25, 0.3) is 5.91 Å². The minimum absolute atomic E-state index is 0.258. The number of carbonyl (C=O) groups is 1. The third-order valence-corrected chi connectivity index (χ3v) is 3.64. The van der Waals surface area contributed by atoms with Gasteiger partial charge < -0.3 is 19.5 Å². The number of hydrogen-bond acceptors (Lipinski definition) is 4. The minimum atomic E-state index is -0.369. The highest BCUT2D eigenvalue weighted by atomic mass is 35.5. The normalized spacial score (nSPS) is 10.1. The van der Waals surface area contributed by atoms with E-state index in [0.29, 0.717) is 28.5 Å². The van der Waals surface area contributed by atoms with Gasteiger partial charge in [0.05, 0.1) is 31.4 Å². The lowest BCUT2D eigenvalue weighted by Crippen LogP contribution is -2.12. The molecule has 0 aromatic heterocycles. The van der Waals surface area contributed by atoms with Crippen molar-refractivity contribution >= 4 is 34.8 Å². The highest BCUT2D eigenvalue weighted by Gasteiger charge is 2.14. The number of amides is 1. The fourth-order valence-electron chi connectivity index (χ4n) is 1.97. The van der Waals surface area contributed by atoms with Crippen molar-refractivity contribution in [1.82, 2.24) is 0 Å². The molecule has 0 saturated heterocycles. The minimum Gasteiger partial charge on any atom is -0.497 e. The monoisotopic (exact) mass is 355 g/mol. The van der Waals surface area contributed by atoms with Crippen LogP contribution in [0.5, 0.6) is 17.2 Å². The Morgan fingerprint density at radius 2 is 1.39 bits per heavy atom. The van der Waals surface area contributed by atoms with Crippen molar-refractivity contribution in [3.05, 3.63) is 45.9 Å². The van der Waals surface area contributed by atoms with E-state index in [9.17, 15) is 4.79 Å². The summed E-state index contributed by atoms with van der Waals surface area (Å²) >= 11 is 12.1. The summed E-state index contributed by atoms with van der Waals surface area (Å²) in [6, 6.07) is 8.02. The van der Waals surface area contributed by atoms with Crippen LogP contribution in [0.25, 0.3) is 0 Å². The molecule has 0 saturated carbocycles. The van der Waals surface area contributed by atoms with Gasteiger partial charge in [-0.2, -0.15) is 0 Å². The predicted octanol–water partition coefficient (Wildman–Crippen LogP) is 4.27. The third kappa shape index (κ3) is 4.00. The first-order chi connectivity index (χ1) is 11.0. The lowest BCUT2D eigenvalue weighted by molar-refractivity contribution is 0.102. The van der Waals surface area contributed by atoms with Gasteiger partial charge in [-0.25, -0.2) is 0 Å². The molecule has 0 heterocycles. The number of hydrogen-bond donors (Lipinski definition) is 1. The third-order valence-electron chi connectivity index (χ3n) is 3.07. The Morgan fingerprint density at radius 3 is 1.83 bits per heavy atom. The topological polar surface area (TPSA) is 56.8 Å². The molecule has 0 radical (unpaired) electrons. The zero-order valence-corrected chi connectivity index (χ0v) is 14.3. The number of carbonyl (C=O) groups excluding carboxylic acids is 1. The molecule has 0 aliphatic heterocycles. The first-order valence-electron chi connectivity index (χ1n) is 6.56. The summed E-state index contributed by atoms with van der Waals surface area (Å²) in [4.78, 5) is 12.4. The van der Waals surface area contributed by atoms with E-state index in [1.807, 2.05) is 0 Å². The van der Waals surface area contributed by atoms with Crippen LogP contribution in [0, 0.1) is 0 Å². The van der Waals surface area contributed by atoms with E-state index in [0.717, 1.165) is 0 Å². The maximum atomic E-state index is 12.4. The predicted molar refractivity (Wildman–Crippen MR) is 90.5 cm³/mol. The Kier molecular flexibility index (Phi) is 5.58. The molecule has 2 aromatic carbocycles. The average Bonchev–Trinajstić information content (AvgIpc) is 2.54. The van der Waals surface area contributed by atoms with Gasteiger partial charge in [-0.05, 0) is 12.1 Å². The van der Waals surface area contributed by atoms with Gasteiger partial charge >= 0.3 is 0 Å². The number of rotatable bonds is 5. The van der Waals surface area contributed by atoms with Crippen LogP contribution in [0.1, 0.15) is 10.4 Å². The number of halogens is 2. The summed E-state index contributed by atoms with van der Waals surface area (Å²) < 4.78 is 15.4. The van der Waals surface area contributed by atoms with E-state index >= 15 is 0 Å². The highest BCUT2D eigenvalue weighted by molar-refractivity contribution is 6.37. The van der Waals surface area contributed by atoms with E-state index in [1.54, 1.807) is 18.2 Å². The van der Waals surface area contributed by atoms with Gasteiger partial charge in [-0.1, -0.05) is 23.2 Å². The Bertz CT molecular complexity index is 689. The molecule has 2 aromatic rings. The molecule has 0 aliphatic carbocycles. The van der Waals surface area contributed by atoms with E-state index in [4.69, 9.17) is 37.4 Å². The van der Waals surface area contributed by atoms with Crippen molar-refractivity contribution < 1.29 is 19.0 Å². The van der Waals surface area contributed by atoms with Crippen LogP contribution in [0.4, 0.5) is 5.69 Å². The number of benzene rings is 2. The van der Waals surface area contributed by atoms with Crippen molar-refractivity contribution in [1.29, 1.82) is 0 Å². The second kappa shape index (κ2) is 7.44. The summed E-state index contributed by atoms with van der Waals surface area (Å²) in [5.74, 6) is 1.08. The summed E-state index contributed by atoms with van der Waals surface area (Å²) in [6.45, 7) is 0. The summed E-state index contributed by atoms with van der Waals surface area (Å²) in [6.07, 6.45) is 0. The zero-order chi connectivity index (χ0) is 17.0. The van der Waals surface area contributed by atoms with Crippen LogP contribution in [-0.4, -0.2) is 27.2 Å². The van der Waals surface area contributed by atoms with E-state index in [1.165, 1.54) is 33.5 Å².